The molecule has 0 bridgehead atoms. The van der Waals surface area contributed by atoms with Crippen molar-refractivity contribution in [3.63, 3.8) is 0 Å². The first-order valence-electron chi connectivity index (χ1n) is 10.1. The molecule has 3 rings (SSSR count). The number of sulfonamides is 1. The summed E-state index contributed by atoms with van der Waals surface area (Å²) in [5.74, 6) is -0.424. The van der Waals surface area contributed by atoms with Gasteiger partial charge in [-0.05, 0) is 51.4 Å². The van der Waals surface area contributed by atoms with Crippen molar-refractivity contribution in [3.8, 4) is 5.69 Å². The second kappa shape index (κ2) is 11.1. The minimum Gasteiger partial charge on any atom is -1.00 e. The Morgan fingerprint density at radius 1 is 1.12 bits per heavy atom. The van der Waals surface area contributed by atoms with Crippen molar-refractivity contribution in [2.24, 2.45) is 7.05 Å². The number of aromatic nitrogens is 2. The van der Waals surface area contributed by atoms with E-state index < -0.39 is 21.5 Å². The number of nitrogens with one attached hydrogen (secondary N) is 2. The van der Waals surface area contributed by atoms with Crippen LogP contribution in [0.4, 0.5) is 5.69 Å². The molecular weight excluding hydrogens is 501 g/mol. The van der Waals surface area contributed by atoms with Crippen LogP contribution >= 0.6 is 11.6 Å². The van der Waals surface area contributed by atoms with Crippen LogP contribution in [-0.2, 0) is 17.1 Å². The van der Waals surface area contributed by atoms with Crippen LogP contribution in [0.5, 0.6) is 0 Å². The van der Waals surface area contributed by atoms with Crippen LogP contribution in [0.1, 0.15) is 16.1 Å². The smallest absolute Gasteiger partial charge is 0.296 e. The highest BCUT2D eigenvalue weighted by Crippen LogP contribution is 2.26. The molecule has 3 aromatic rings. The fraction of sp³-hybridized carbons (Fsp3) is 0.273. The summed E-state index contributed by atoms with van der Waals surface area (Å²) < 4.78 is 31.6. The summed E-state index contributed by atoms with van der Waals surface area (Å²) in [5, 5.41) is 2.66. The Balaban J connectivity index is 0.00000408. The summed E-state index contributed by atoms with van der Waals surface area (Å²) in [4.78, 5) is 27.1. The summed E-state index contributed by atoms with van der Waals surface area (Å²) in [6.07, 6.45) is 0. The first kappa shape index (κ1) is 27.5. The Morgan fingerprint density at radius 2 is 1.76 bits per heavy atom. The number of carbonyl (C=O) groups excluding carboxylic acids is 1. The van der Waals surface area contributed by atoms with Crippen LogP contribution in [0.25, 0.3) is 5.69 Å². The highest BCUT2D eigenvalue weighted by molar-refractivity contribution is 7.92. The SMILES string of the molecule is Cc1c(NS(=O)(=O)c2cc(C(=O)NCCN(C)C)ccc2Cl)c(=O)n(-c2ccccc2)n1C.[Cl-]. The molecular formula is C22H26Cl2N5O4S-. The largest absolute Gasteiger partial charge is 1.00 e. The van der Waals surface area contributed by atoms with Crippen molar-refractivity contribution in [2.45, 2.75) is 11.8 Å². The maximum Gasteiger partial charge on any atom is 0.296 e. The van der Waals surface area contributed by atoms with Crippen molar-refractivity contribution in [3.05, 3.63) is 75.2 Å². The van der Waals surface area contributed by atoms with E-state index in [-0.39, 0.29) is 33.6 Å². The van der Waals surface area contributed by atoms with Crippen LogP contribution in [0.3, 0.4) is 0 Å². The third-order valence-electron chi connectivity index (χ3n) is 5.12. The van der Waals surface area contributed by atoms with Crippen molar-refractivity contribution in [2.75, 3.05) is 31.9 Å². The standard InChI is InChI=1S/C22H26ClN5O4S.ClH/c1-15-20(22(30)28(27(15)4)17-8-6-5-7-9-17)25-33(31,32)19-14-16(10-11-18(19)23)21(29)24-12-13-26(2)3;/h5-11,14,25H,12-13H2,1-4H3,(H,24,29);1H/p-1. The number of para-hydroxylation sites is 1. The van der Waals surface area contributed by atoms with Gasteiger partial charge in [0.25, 0.3) is 21.5 Å². The second-order valence-electron chi connectivity index (χ2n) is 7.75. The van der Waals surface area contributed by atoms with Gasteiger partial charge in [0.15, 0.2) is 0 Å². The molecule has 0 atom stereocenters. The van der Waals surface area contributed by atoms with Crippen LogP contribution in [0.2, 0.25) is 5.02 Å². The van der Waals surface area contributed by atoms with E-state index in [1.54, 1.807) is 42.9 Å². The number of rotatable bonds is 8. The molecule has 0 unspecified atom stereocenters. The molecule has 2 N–H and O–H groups in total. The summed E-state index contributed by atoms with van der Waals surface area (Å²) in [6.45, 7) is 2.67. The molecule has 34 heavy (non-hydrogen) atoms. The number of likely N-dealkylation sites (N-methyl/N-ethyl adjacent to an activating group) is 1. The lowest BCUT2D eigenvalue weighted by molar-refractivity contribution is -0.0000177. The van der Waals surface area contributed by atoms with Gasteiger partial charge in [-0.25, -0.2) is 13.1 Å². The highest BCUT2D eigenvalue weighted by Gasteiger charge is 2.25. The van der Waals surface area contributed by atoms with Gasteiger partial charge in [-0.3, -0.25) is 19.0 Å². The van der Waals surface area contributed by atoms with Gasteiger partial charge in [-0.2, -0.15) is 0 Å². The molecule has 0 saturated heterocycles. The van der Waals surface area contributed by atoms with Gasteiger partial charge < -0.3 is 22.6 Å². The molecule has 1 aromatic heterocycles. The third kappa shape index (κ3) is 5.82. The molecule has 0 aliphatic heterocycles. The molecule has 0 fully saturated rings. The van der Waals surface area contributed by atoms with E-state index in [4.69, 9.17) is 11.6 Å². The topological polar surface area (TPSA) is 105 Å². The maximum absolute atomic E-state index is 13.2. The lowest BCUT2D eigenvalue weighted by atomic mass is 10.2. The van der Waals surface area contributed by atoms with Crippen molar-refractivity contribution in [1.29, 1.82) is 0 Å². The number of anilines is 1. The van der Waals surface area contributed by atoms with E-state index in [1.165, 1.54) is 22.9 Å². The molecule has 0 radical (unpaired) electrons. The molecule has 12 heteroatoms. The van der Waals surface area contributed by atoms with Crippen molar-refractivity contribution in [1.82, 2.24) is 19.6 Å². The molecule has 9 nitrogen and oxygen atoms in total. The third-order valence-corrected chi connectivity index (χ3v) is 6.95. The number of hydrogen-bond acceptors (Lipinski definition) is 5. The molecule has 2 aromatic carbocycles. The lowest BCUT2D eigenvalue weighted by Gasteiger charge is -2.12. The van der Waals surface area contributed by atoms with E-state index in [9.17, 15) is 18.0 Å². The maximum atomic E-state index is 13.2. The lowest BCUT2D eigenvalue weighted by Crippen LogP contribution is -3.00. The Bertz CT molecular complexity index is 1340. The zero-order valence-electron chi connectivity index (χ0n) is 19.2. The highest BCUT2D eigenvalue weighted by atomic mass is 35.5. The molecule has 0 spiro atoms. The predicted octanol–water partition coefficient (Wildman–Crippen LogP) is -0.766. The van der Waals surface area contributed by atoms with E-state index in [0.29, 0.717) is 24.5 Å². The predicted molar refractivity (Wildman–Crippen MR) is 129 cm³/mol. The van der Waals surface area contributed by atoms with Crippen molar-refractivity contribution >= 4 is 33.2 Å². The summed E-state index contributed by atoms with van der Waals surface area (Å²) in [7, 11) is 1.15. The Morgan fingerprint density at radius 3 is 2.38 bits per heavy atom. The van der Waals surface area contributed by atoms with Gasteiger partial charge >= 0.3 is 0 Å². The monoisotopic (exact) mass is 526 g/mol. The first-order valence-corrected chi connectivity index (χ1v) is 12.0. The average molecular weight is 527 g/mol. The van der Waals surface area contributed by atoms with Crippen LogP contribution in [-0.4, -0.2) is 55.8 Å². The molecule has 184 valence electrons. The number of benzene rings is 2. The van der Waals surface area contributed by atoms with Crippen LogP contribution in [0.15, 0.2) is 58.2 Å². The number of nitrogens with zero attached hydrogens (tertiary/aromatic N) is 3. The Labute approximate surface area is 209 Å². The molecule has 0 aliphatic carbocycles. The van der Waals surface area contributed by atoms with Gasteiger partial charge in [0.2, 0.25) is 0 Å². The average Bonchev–Trinajstić information content (AvgIpc) is 2.97. The van der Waals surface area contributed by atoms with Gasteiger partial charge in [0, 0.05) is 25.7 Å². The number of carbonyl (C=O) groups is 1. The number of amides is 1. The fourth-order valence-electron chi connectivity index (χ4n) is 3.22. The molecule has 1 amide bonds. The minimum absolute atomic E-state index is 0. The van der Waals surface area contributed by atoms with Crippen LogP contribution < -0.4 is 28.0 Å². The Kier molecular flexibility index (Phi) is 8.96. The normalized spacial score (nSPS) is 11.2. The van der Waals surface area contributed by atoms with E-state index >= 15 is 0 Å². The van der Waals surface area contributed by atoms with Gasteiger partial charge in [0.05, 0.1) is 16.4 Å². The number of hydrogen-bond donors (Lipinski definition) is 2. The summed E-state index contributed by atoms with van der Waals surface area (Å²) >= 11 is 6.16. The first-order chi connectivity index (χ1) is 15.5. The van der Waals surface area contributed by atoms with Gasteiger partial charge in [-0.15, -0.1) is 0 Å². The number of halogens is 2. The van der Waals surface area contributed by atoms with Crippen LogP contribution in [0, 0.1) is 6.92 Å². The quantitative estimate of drug-likeness (QED) is 0.401. The van der Waals surface area contributed by atoms with E-state index in [1.807, 2.05) is 25.1 Å². The fourth-order valence-corrected chi connectivity index (χ4v) is 4.86. The minimum atomic E-state index is -4.26. The Hall–Kier alpha value is -2.79. The molecule has 0 saturated carbocycles. The molecule has 0 aliphatic rings. The van der Waals surface area contributed by atoms with Gasteiger partial charge in [0.1, 0.15) is 10.6 Å². The van der Waals surface area contributed by atoms with Crippen molar-refractivity contribution < 1.29 is 25.6 Å². The zero-order chi connectivity index (χ0) is 24.3. The summed E-state index contributed by atoms with van der Waals surface area (Å²) in [5.41, 5.74) is 0.524. The molecule has 1 heterocycles. The zero-order valence-corrected chi connectivity index (χ0v) is 21.5. The van der Waals surface area contributed by atoms with Gasteiger partial charge in [-0.1, -0.05) is 29.8 Å². The van der Waals surface area contributed by atoms with E-state index in [0.717, 1.165) is 0 Å². The second-order valence-corrected chi connectivity index (χ2v) is 9.80. The van der Waals surface area contributed by atoms with E-state index in [2.05, 4.69) is 10.0 Å². The summed E-state index contributed by atoms with van der Waals surface area (Å²) in [6, 6.07) is 12.9.